The van der Waals surface area contributed by atoms with Gasteiger partial charge in [-0.3, -0.25) is 4.90 Å². The molecule has 1 N–H and O–H groups in total. The van der Waals surface area contributed by atoms with Crippen molar-refractivity contribution in [2.45, 2.75) is 52.7 Å². The van der Waals surface area contributed by atoms with E-state index in [1.165, 1.54) is 4.90 Å². The molecule has 0 aliphatic rings. The maximum Gasteiger partial charge on any atom is 0.411 e. The molecule has 1 atom stereocenters. The Morgan fingerprint density at radius 1 is 1.39 bits per heavy atom. The Morgan fingerprint density at radius 3 is 2.17 bits per heavy atom. The van der Waals surface area contributed by atoms with E-state index in [1.807, 2.05) is 6.92 Å². The molecule has 0 rings (SSSR count). The SMILES string of the molecule is C=C(C)C(C(=O)O)N(CCC)C(=O)OC(C)(C)C. The fourth-order valence-corrected chi connectivity index (χ4v) is 1.50. The lowest BCUT2D eigenvalue weighted by Gasteiger charge is -2.31. The summed E-state index contributed by atoms with van der Waals surface area (Å²) < 4.78 is 5.22. The quantitative estimate of drug-likeness (QED) is 0.769. The van der Waals surface area contributed by atoms with E-state index in [4.69, 9.17) is 4.74 Å². The Kier molecular flexibility index (Phi) is 5.88. The number of hydrogen-bond donors (Lipinski definition) is 1. The Hall–Kier alpha value is -1.52. The van der Waals surface area contributed by atoms with E-state index in [9.17, 15) is 14.7 Å². The lowest BCUT2D eigenvalue weighted by Crippen LogP contribution is -2.48. The summed E-state index contributed by atoms with van der Waals surface area (Å²) in [6, 6.07) is -1.04. The van der Waals surface area contributed by atoms with Crippen molar-refractivity contribution in [3.05, 3.63) is 12.2 Å². The van der Waals surface area contributed by atoms with Crippen molar-refractivity contribution in [2.75, 3.05) is 6.54 Å². The van der Waals surface area contributed by atoms with Crippen LogP contribution in [0.4, 0.5) is 4.79 Å². The third kappa shape index (κ3) is 5.21. The fraction of sp³-hybridized carbons (Fsp3) is 0.692. The number of carbonyl (C=O) groups is 2. The standard InChI is InChI=1S/C13H23NO4/c1-7-8-14(10(9(2)3)11(15)16)12(17)18-13(4,5)6/h10H,2,7-8H2,1,3-6H3,(H,15,16). The van der Waals surface area contributed by atoms with E-state index in [1.54, 1.807) is 27.7 Å². The highest BCUT2D eigenvalue weighted by Crippen LogP contribution is 2.16. The molecule has 0 bridgehead atoms. The zero-order valence-electron chi connectivity index (χ0n) is 11.8. The molecule has 0 aromatic heterocycles. The number of ether oxygens (including phenoxy) is 1. The van der Waals surface area contributed by atoms with Gasteiger partial charge in [-0.05, 0) is 39.7 Å². The van der Waals surface area contributed by atoms with Crippen molar-refractivity contribution in [1.82, 2.24) is 4.90 Å². The average molecular weight is 257 g/mol. The summed E-state index contributed by atoms with van der Waals surface area (Å²) in [6.45, 7) is 12.6. The molecule has 104 valence electrons. The number of rotatable bonds is 5. The van der Waals surface area contributed by atoms with Crippen LogP contribution in [0, 0.1) is 0 Å². The van der Waals surface area contributed by atoms with E-state index in [-0.39, 0.29) is 0 Å². The maximum absolute atomic E-state index is 12.0. The minimum Gasteiger partial charge on any atom is -0.479 e. The van der Waals surface area contributed by atoms with E-state index in [0.29, 0.717) is 18.5 Å². The van der Waals surface area contributed by atoms with Crippen molar-refractivity contribution in [3.63, 3.8) is 0 Å². The molecule has 5 nitrogen and oxygen atoms in total. The van der Waals surface area contributed by atoms with Gasteiger partial charge in [-0.25, -0.2) is 9.59 Å². The van der Waals surface area contributed by atoms with Crippen LogP contribution in [0.1, 0.15) is 41.0 Å². The second kappa shape index (κ2) is 6.42. The van der Waals surface area contributed by atoms with Crippen LogP contribution >= 0.6 is 0 Å². The fourth-order valence-electron chi connectivity index (χ4n) is 1.50. The van der Waals surface area contributed by atoms with Gasteiger partial charge in [-0.1, -0.05) is 13.5 Å². The van der Waals surface area contributed by atoms with Gasteiger partial charge in [0.15, 0.2) is 6.04 Å². The molecule has 0 heterocycles. The van der Waals surface area contributed by atoms with Gasteiger partial charge in [0.05, 0.1) is 0 Å². The number of carboxylic acids is 1. The zero-order chi connectivity index (χ0) is 14.5. The first-order valence-electron chi connectivity index (χ1n) is 5.98. The van der Waals surface area contributed by atoms with Gasteiger partial charge in [0, 0.05) is 6.54 Å². The molecule has 0 saturated carbocycles. The molecule has 0 aliphatic carbocycles. The summed E-state index contributed by atoms with van der Waals surface area (Å²) >= 11 is 0. The van der Waals surface area contributed by atoms with Crippen molar-refractivity contribution >= 4 is 12.1 Å². The topological polar surface area (TPSA) is 66.8 Å². The highest BCUT2D eigenvalue weighted by molar-refractivity contribution is 5.83. The van der Waals surface area contributed by atoms with Gasteiger partial charge in [-0.2, -0.15) is 0 Å². The first-order chi connectivity index (χ1) is 8.10. The van der Waals surface area contributed by atoms with Crippen LogP contribution < -0.4 is 0 Å². The van der Waals surface area contributed by atoms with Gasteiger partial charge in [-0.15, -0.1) is 0 Å². The van der Waals surface area contributed by atoms with Crippen LogP contribution in [0.5, 0.6) is 0 Å². The van der Waals surface area contributed by atoms with Crippen LogP contribution in [-0.4, -0.2) is 40.3 Å². The van der Waals surface area contributed by atoms with Crippen LogP contribution in [0.3, 0.4) is 0 Å². The summed E-state index contributed by atoms with van der Waals surface area (Å²) in [4.78, 5) is 24.4. The van der Waals surface area contributed by atoms with Gasteiger partial charge < -0.3 is 9.84 Å². The number of amides is 1. The minimum absolute atomic E-state index is 0.318. The van der Waals surface area contributed by atoms with Crippen molar-refractivity contribution in [3.8, 4) is 0 Å². The summed E-state index contributed by atoms with van der Waals surface area (Å²) in [5.74, 6) is -1.10. The average Bonchev–Trinajstić information content (AvgIpc) is 2.12. The van der Waals surface area contributed by atoms with E-state index >= 15 is 0 Å². The van der Waals surface area contributed by atoms with Crippen LogP contribution in [0.15, 0.2) is 12.2 Å². The second-order valence-electron chi connectivity index (χ2n) is 5.26. The summed E-state index contributed by atoms with van der Waals surface area (Å²) in [6.07, 6.45) is 0.0239. The van der Waals surface area contributed by atoms with Crippen molar-refractivity contribution in [1.29, 1.82) is 0 Å². The second-order valence-corrected chi connectivity index (χ2v) is 5.26. The summed E-state index contributed by atoms with van der Waals surface area (Å²) in [5, 5.41) is 9.18. The molecule has 1 unspecified atom stereocenters. The first kappa shape index (κ1) is 16.5. The van der Waals surface area contributed by atoms with Gasteiger partial charge in [0.2, 0.25) is 0 Å². The predicted octanol–water partition coefficient (Wildman–Crippen LogP) is 2.66. The monoisotopic (exact) mass is 257 g/mol. The van der Waals surface area contributed by atoms with Crippen LogP contribution in [0.2, 0.25) is 0 Å². The Balaban J connectivity index is 5.09. The molecule has 0 aliphatic heterocycles. The van der Waals surface area contributed by atoms with E-state index < -0.39 is 23.7 Å². The number of hydrogen-bond acceptors (Lipinski definition) is 3. The van der Waals surface area contributed by atoms with Gasteiger partial charge >= 0.3 is 12.1 Å². The summed E-state index contributed by atoms with van der Waals surface area (Å²) in [5.41, 5.74) is -0.247. The molecular weight excluding hydrogens is 234 g/mol. The van der Waals surface area contributed by atoms with Crippen LogP contribution in [0.25, 0.3) is 0 Å². The molecule has 0 fully saturated rings. The number of carbonyl (C=O) groups excluding carboxylic acids is 1. The predicted molar refractivity (Wildman–Crippen MR) is 69.5 cm³/mol. The first-order valence-corrected chi connectivity index (χ1v) is 5.98. The molecule has 0 aromatic rings. The zero-order valence-corrected chi connectivity index (χ0v) is 11.8. The number of carboxylic acid groups (broad SMARTS) is 1. The molecule has 0 radical (unpaired) electrons. The number of aliphatic carboxylic acids is 1. The Labute approximate surface area is 108 Å². The molecule has 0 saturated heterocycles. The molecule has 1 amide bonds. The summed E-state index contributed by atoms with van der Waals surface area (Å²) in [7, 11) is 0. The normalized spacial score (nSPS) is 12.7. The highest BCUT2D eigenvalue weighted by Gasteiger charge is 2.32. The van der Waals surface area contributed by atoms with Crippen molar-refractivity contribution < 1.29 is 19.4 Å². The molecule has 0 aromatic carbocycles. The van der Waals surface area contributed by atoms with E-state index in [0.717, 1.165) is 0 Å². The smallest absolute Gasteiger partial charge is 0.411 e. The minimum atomic E-state index is -1.10. The maximum atomic E-state index is 12.0. The highest BCUT2D eigenvalue weighted by atomic mass is 16.6. The van der Waals surface area contributed by atoms with Gasteiger partial charge in [0.25, 0.3) is 0 Å². The number of nitrogens with zero attached hydrogens (tertiary/aromatic N) is 1. The molecule has 18 heavy (non-hydrogen) atoms. The molecular formula is C13H23NO4. The van der Waals surface area contributed by atoms with Gasteiger partial charge in [0.1, 0.15) is 5.60 Å². The molecule has 5 heteroatoms. The third-order valence-electron chi connectivity index (χ3n) is 2.10. The lowest BCUT2D eigenvalue weighted by atomic mass is 10.1. The lowest BCUT2D eigenvalue weighted by molar-refractivity contribution is -0.141. The van der Waals surface area contributed by atoms with Crippen molar-refractivity contribution in [2.24, 2.45) is 0 Å². The van der Waals surface area contributed by atoms with Crippen LogP contribution in [-0.2, 0) is 9.53 Å². The largest absolute Gasteiger partial charge is 0.479 e. The Morgan fingerprint density at radius 2 is 1.89 bits per heavy atom. The Bertz CT molecular complexity index is 316. The third-order valence-corrected chi connectivity index (χ3v) is 2.10. The van der Waals surface area contributed by atoms with E-state index in [2.05, 4.69) is 6.58 Å². The molecule has 0 spiro atoms.